The summed E-state index contributed by atoms with van der Waals surface area (Å²) in [5, 5.41) is 28.0. The Bertz CT molecular complexity index is 1150. The van der Waals surface area contributed by atoms with E-state index in [0.717, 1.165) is 26.2 Å². The predicted octanol–water partition coefficient (Wildman–Crippen LogP) is 2.43. The quantitative estimate of drug-likeness (QED) is 0.279. The molecule has 3 aromatic rings. The third-order valence-electron chi connectivity index (χ3n) is 5.05. The average molecular weight is 449 g/mol. The number of nitrogens with one attached hydrogen (secondary N) is 2. The van der Waals surface area contributed by atoms with E-state index >= 15 is 0 Å². The molecular weight excluding hydrogens is 426 g/mol. The number of phenolic OH excluding ortho intramolecular Hbond substituents is 1. The van der Waals surface area contributed by atoms with Gasteiger partial charge in [0.15, 0.2) is 0 Å². The predicted molar refractivity (Wildman–Crippen MR) is 125 cm³/mol. The Morgan fingerprint density at radius 1 is 1.03 bits per heavy atom. The first kappa shape index (κ1) is 21.9. The molecule has 1 aromatic heterocycles. The summed E-state index contributed by atoms with van der Waals surface area (Å²) in [4.78, 5) is 28.1. The van der Waals surface area contributed by atoms with Crippen LogP contribution >= 0.6 is 0 Å². The Labute approximate surface area is 189 Å². The normalized spacial score (nSPS) is 14.4. The first-order valence-electron chi connectivity index (χ1n) is 10.3. The smallest absolute Gasteiger partial charge is 0.269 e. The summed E-state index contributed by atoms with van der Waals surface area (Å²) in [7, 11) is 2.06. The first-order chi connectivity index (χ1) is 16.0. The first-order valence-corrected chi connectivity index (χ1v) is 10.3. The fourth-order valence-corrected chi connectivity index (χ4v) is 3.17. The minimum Gasteiger partial charge on any atom is -0.507 e. The summed E-state index contributed by atoms with van der Waals surface area (Å²) < 4.78 is 0. The van der Waals surface area contributed by atoms with Crippen LogP contribution in [-0.4, -0.2) is 69.3 Å². The number of aromatic hydroxyl groups is 1. The number of likely N-dealkylation sites (N-methyl/N-ethyl adjacent to an activating group) is 1. The number of benzene rings is 2. The number of piperazine rings is 1. The van der Waals surface area contributed by atoms with E-state index in [1.54, 1.807) is 36.4 Å². The van der Waals surface area contributed by atoms with Crippen molar-refractivity contribution in [1.82, 2.24) is 19.9 Å². The number of non-ortho nitro benzene ring substituents is 1. The molecule has 0 saturated carbocycles. The molecule has 2 aromatic carbocycles. The number of hydrazone groups is 1. The lowest BCUT2D eigenvalue weighted by molar-refractivity contribution is -0.384. The molecular formula is C21H23N9O3. The van der Waals surface area contributed by atoms with Crippen LogP contribution in [0.5, 0.6) is 5.75 Å². The number of nitrogens with zero attached hydrogens (tertiary/aromatic N) is 7. The Kier molecular flexibility index (Phi) is 6.55. The highest BCUT2D eigenvalue weighted by Crippen LogP contribution is 2.21. The van der Waals surface area contributed by atoms with Crippen molar-refractivity contribution >= 4 is 35.4 Å². The van der Waals surface area contributed by atoms with Gasteiger partial charge in [0.2, 0.25) is 17.8 Å². The highest BCUT2D eigenvalue weighted by atomic mass is 16.6. The molecule has 1 fully saturated rings. The minimum atomic E-state index is -0.456. The lowest BCUT2D eigenvalue weighted by atomic mass is 10.2. The van der Waals surface area contributed by atoms with Gasteiger partial charge in [0.1, 0.15) is 5.75 Å². The van der Waals surface area contributed by atoms with Crippen LogP contribution in [-0.2, 0) is 0 Å². The second kappa shape index (κ2) is 9.87. The lowest BCUT2D eigenvalue weighted by Crippen LogP contribution is -2.45. The molecule has 2 heterocycles. The highest BCUT2D eigenvalue weighted by molar-refractivity contribution is 5.83. The molecule has 0 bridgehead atoms. The molecule has 1 aliphatic heterocycles. The maximum Gasteiger partial charge on any atom is 0.269 e. The molecule has 0 aliphatic carbocycles. The number of para-hydroxylation sites is 1. The molecule has 0 radical (unpaired) electrons. The third-order valence-corrected chi connectivity index (χ3v) is 5.05. The number of aromatic nitrogens is 3. The van der Waals surface area contributed by atoms with Crippen molar-refractivity contribution in [2.24, 2.45) is 5.10 Å². The zero-order valence-electron chi connectivity index (χ0n) is 17.9. The van der Waals surface area contributed by atoms with Crippen LogP contribution in [0.25, 0.3) is 0 Å². The van der Waals surface area contributed by atoms with Crippen LogP contribution < -0.4 is 15.6 Å². The second-order valence-electron chi connectivity index (χ2n) is 7.43. The van der Waals surface area contributed by atoms with E-state index in [2.05, 4.69) is 47.6 Å². The van der Waals surface area contributed by atoms with Crippen molar-refractivity contribution in [3.8, 4) is 5.75 Å². The van der Waals surface area contributed by atoms with Gasteiger partial charge in [-0.15, -0.1) is 0 Å². The standard InChI is InChI=1S/C21H23N9O3/c1-28-10-12-29(13-11-28)21-25-19(23-16-6-8-17(9-7-16)30(32)33)24-20(26-21)27-22-14-15-4-2-3-5-18(15)31/h2-9,14,31H,10-13H2,1H3,(H2,23,24,25,26,27). The second-order valence-corrected chi connectivity index (χ2v) is 7.43. The lowest BCUT2D eigenvalue weighted by Gasteiger charge is -2.32. The SMILES string of the molecule is CN1CCN(c2nc(NN=Cc3ccccc3O)nc(Nc3ccc([N+](=O)[O-])cc3)n2)CC1. The zero-order valence-corrected chi connectivity index (χ0v) is 17.9. The maximum absolute atomic E-state index is 10.9. The van der Waals surface area contributed by atoms with Crippen molar-refractivity contribution in [2.45, 2.75) is 0 Å². The molecule has 0 atom stereocenters. The minimum absolute atomic E-state index is 0.00446. The summed E-state index contributed by atoms with van der Waals surface area (Å²) >= 11 is 0. The van der Waals surface area contributed by atoms with E-state index in [0.29, 0.717) is 17.2 Å². The molecule has 0 amide bonds. The van der Waals surface area contributed by atoms with Crippen LogP contribution in [0.4, 0.5) is 29.2 Å². The molecule has 33 heavy (non-hydrogen) atoms. The maximum atomic E-state index is 10.9. The fraction of sp³-hybridized carbons (Fsp3) is 0.238. The fourth-order valence-electron chi connectivity index (χ4n) is 3.17. The molecule has 1 aliphatic rings. The summed E-state index contributed by atoms with van der Waals surface area (Å²) in [5.41, 5.74) is 3.93. The van der Waals surface area contributed by atoms with Gasteiger partial charge in [0.05, 0.1) is 11.1 Å². The molecule has 12 heteroatoms. The molecule has 0 spiro atoms. The van der Waals surface area contributed by atoms with E-state index in [1.165, 1.54) is 18.3 Å². The van der Waals surface area contributed by atoms with Gasteiger partial charge in [-0.1, -0.05) is 12.1 Å². The van der Waals surface area contributed by atoms with Crippen LogP contribution in [0, 0.1) is 10.1 Å². The monoisotopic (exact) mass is 449 g/mol. The van der Waals surface area contributed by atoms with Crippen molar-refractivity contribution in [2.75, 3.05) is 48.9 Å². The zero-order chi connectivity index (χ0) is 23.2. The summed E-state index contributed by atoms with van der Waals surface area (Å²) in [5.74, 6) is 1.09. The van der Waals surface area contributed by atoms with Gasteiger partial charge >= 0.3 is 0 Å². The van der Waals surface area contributed by atoms with E-state index < -0.39 is 4.92 Å². The van der Waals surface area contributed by atoms with Gasteiger partial charge in [-0.3, -0.25) is 10.1 Å². The van der Waals surface area contributed by atoms with Gasteiger partial charge in [-0.2, -0.15) is 20.1 Å². The van der Waals surface area contributed by atoms with Crippen molar-refractivity contribution < 1.29 is 10.0 Å². The summed E-state index contributed by atoms with van der Waals surface area (Å²) in [6.45, 7) is 3.28. The van der Waals surface area contributed by atoms with Crippen molar-refractivity contribution in [3.05, 3.63) is 64.2 Å². The Morgan fingerprint density at radius 3 is 2.42 bits per heavy atom. The van der Waals surface area contributed by atoms with E-state index in [4.69, 9.17) is 0 Å². The molecule has 3 N–H and O–H groups in total. The van der Waals surface area contributed by atoms with Gasteiger partial charge in [0, 0.05) is 49.6 Å². The van der Waals surface area contributed by atoms with Crippen LogP contribution in [0.2, 0.25) is 0 Å². The van der Waals surface area contributed by atoms with Gasteiger partial charge < -0.3 is 20.2 Å². The molecule has 12 nitrogen and oxygen atoms in total. The molecule has 170 valence electrons. The molecule has 0 unspecified atom stereocenters. The number of hydrogen-bond acceptors (Lipinski definition) is 11. The summed E-state index contributed by atoms with van der Waals surface area (Å²) in [6.07, 6.45) is 1.47. The van der Waals surface area contributed by atoms with Crippen LogP contribution in [0.1, 0.15) is 5.56 Å². The number of rotatable bonds is 7. The van der Waals surface area contributed by atoms with Gasteiger partial charge in [0.25, 0.3) is 5.69 Å². The summed E-state index contributed by atoms with van der Waals surface area (Å²) in [6, 6.07) is 12.8. The Hall–Kier alpha value is -4.32. The Morgan fingerprint density at radius 2 is 1.73 bits per heavy atom. The highest BCUT2D eigenvalue weighted by Gasteiger charge is 2.19. The van der Waals surface area contributed by atoms with Crippen molar-refractivity contribution in [3.63, 3.8) is 0 Å². The van der Waals surface area contributed by atoms with Crippen LogP contribution in [0.15, 0.2) is 53.6 Å². The van der Waals surface area contributed by atoms with Gasteiger partial charge in [-0.25, -0.2) is 5.43 Å². The van der Waals surface area contributed by atoms with E-state index in [-0.39, 0.29) is 23.3 Å². The number of nitro groups is 1. The number of nitro benzene ring substituents is 1. The van der Waals surface area contributed by atoms with E-state index in [1.807, 2.05) is 0 Å². The topological polar surface area (TPSA) is 145 Å². The van der Waals surface area contributed by atoms with Gasteiger partial charge in [-0.05, 0) is 31.3 Å². The largest absolute Gasteiger partial charge is 0.507 e. The van der Waals surface area contributed by atoms with Crippen LogP contribution in [0.3, 0.4) is 0 Å². The Balaban J connectivity index is 1.57. The van der Waals surface area contributed by atoms with Crippen molar-refractivity contribution in [1.29, 1.82) is 0 Å². The number of hydrogen-bond donors (Lipinski definition) is 3. The average Bonchev–Trinajstić information content (AvgIpc) is 2.81. The number of phenols is 1. The number of anilines is 4. The molecule has 1 saturated heterocycles. The third kappa shape index (κ3) is 5.68. The molecule has 4 rings (SSSR count). The van der Waals surface area contributed by atoms with E-state index in [9.17, 15) is 15.2 Å².